The van der Waals surface area contributed by atoms with Gasteiger partial charge in [0, 0.05) is 12.3 Å². The Labute approximate surface area is 131 Å². The van der Waals surface area contributed by atoms with Crippen molar-refractivity contribution in [1.82, 2.24) is 9.97 Å². The Morgan fingerprint density at radius 1 is 1.25 bits per heavy atom. The van der Waals surface area contributed by atoms with Crippen molar-refractivity contribution in [2.24, 2.45) is 0 Å². The van der Waals surface area contributed by atoms with Gasteiger partial charge in [-0.3, -0.25) is 0 Å². The van der Waals surface area contributed by atoms with E-state index in [-0.39, 0.29) is 0 Å². The average Bonchev–Trinajstić information content (AvgIpc) is 3.28. The summed E-state index contributed by atoms with van der Waals surface area (Å²) < 4.78 is 6.00. The fourth-order valence-corrected chi connectivity index (χ4v) is 2.81. The number of hydrogen-bond acceptors (Lipinski definition) is 3. The molecule has 1 aromatic heterocycles. The van der Waals surface area contributed by atoms with Crippen LogP contribution in [0.2, 0.25) is 5.15 Å². The third-order valence-electron chi connectivity index (χ3n) is 3.37. The topological polar surface area (TPSA) is 35.0 Å². The molecule has 0 aliphatic heterocycles. The average molecular weight is 354 g/mol. The van der Waals surface area contributed by atoms with E-state index < -0.39 is 0 Å². The second-order valence-electron chi connectivity index (χ2n) is 4.93. The van der Waals surface area contributed by atoms with Gasteiger partial charge in [0.1, 0.15) is 16.7 Å². The van der Waals surface area contributed by atoms with Gasteiger partial charge in [0.05, 0.1) is 17.3 Å². The molecule has 0 saturated heterocycles. The molecular formula is C15H14BrClN2O. The summed E-state index contributed by atoms with van der Waals surface area (Å²) in [6, 6.07) is 7.93. The molecular weight excluding hydrogens is 340 g/mol. The van der Waals surface area contributed by atoms with Crippen LogP contribution in [0.1, 0.15) is 35.8 Å². The number of benzene rings is 1. The highest BCUT2D eigenvalue weighted by atomic mass is 79.9. The predicted octanol–water partition coefficient (Wildman–Crippen LogP) is 4.37. The molecule has 0 amide bonds. The molecule has 5 heteroatoms. The normalized spacial score (nSPS) is 14.3. The first kappa shape index (κ1) is 13.8. The molecule has 0 unspecified atom stereocenters. The van der Waals surface area contributed by atoms with E-state index in [0.29, 0.717) is 17.5 Å². The number of nitrogens with zero attached hydrogens (tertiary/aromatic N) is 2. The first-order valence-electron chi connectivity index (χ1n) is 6.52. The van der Waals surface area contributed by atoms with Crippen LogP contribution in [0.15, 0.2) is 28.7 Å². The maximum Gasteiger partial charge on any atom is 0.147 e. The monoisotopic (exact) mass is 352 g/mol. The standard InChI is InChI=1S/C15H14BrClN2O/c1-20-11-6-2-9(3-7-11)8-12-18-14(10-4-5-10)13(16)15(17)19-12/h2-3,6-7,10H,4-5,8H2,1H3. The molecule has 3 rings (SSSR count). The van der Waals surface area contributed by atoms with Gasteiger partial charge in [-0.25, -0.2) is 9.97 Å². The van der Waals surface area contributed by atoms with Gasteiger partial charge in [-0.2, -0.15) is 0 Å². The van der Waals surface area contributed by atoms with Crippen molar-refractivity contribution in [2.75, 3.05) is 7.11 Å². The molecule has 1 aromatic carbocycles. The molecule has 0 radical (unpaired) electrons. The van der Waals surface area contributed by atoms with Gasteiger partial charge in [0.15, 0.2) is 0 Å². The van der Waals surface area contributed by atoms with E-state index in [1.165, 1.54) is 12.8 Å². The number of methoxy groups -OCH3 is 1. The van der Waals surface area contributed by atoms with Crippen molar-refractivity contribution in [3.05, 3.63) is 51.0 Å². The largest absolute Gasteiger partial charge is 0.497 e. The van der Waals surface area contributed by atoms with E-state index in [4.69, 9.17) is 16.3 Å². The minimum Gasteiger partial charge on any atom is -0.497 e. The Bertz CT molecular complexity index is 627. The van der Waals surface area contributed by atoms with E-state index in [1.807, 2.05) is 24.3 Å². The summed E-state index contributed by atoms with van der Waals surface area (Å²) in [5, 5.41) is 0.505. The fourth-order valence-electron chi connectivity index (χ4n) is 2.11. The van der Waals surface area contributed by atoms with Crippen LogP contribution < -0.4 is 4.74 Å². The summed E-state index contributed by atoms with van der Waals surface area (Å²) >= 11 is 9.67. The van der Waals surface area contributed by atoms with Crippen LogP contribution in [0.5, 0.6) is 5.75 Å². The predicted molar refractivity (Wildman–Crippen MR) is 82.5 cm³/mol. The molecule has 0 spiro atoms. The molecule has 0 bridgehead atoms. The third kappa shape index (κ3) is 2.96. The van der Waals surface area contributed by atoms with Gasteiger partial charge in [-0.15, -0.1) is 0 Å². The Balaban J connectivity index is 1.86. The van der Waals surface area contributed by atoms with Gasteiger partial charge >= 0.3 is 0 Å². The van der Waals surface area contributed by atoms with Gasteiger partial charge in [0.25, 0.3) is 0 Å². The van der Waals surface area contributed by atoms with Crippen LogP contribution in [0, 0.1) is 0 Å². The number of aromatic nitrogens is 2. The molecule has 0 atom stereocenters. The van der Waals surface area contributed by atoms with Crippen LogP contribution in [0.25, 0.3) is 0 Å². The lowest BCUT2D eigenvalue weighted by atomic mass is 10.1. The van der Waals surface area contributed by atoms with E-state index >= 15 is 0 Å². The van der Waals surface area contributed by atoms with Crippen molar-refractivity contribution in [1.29, 1.82) is 0 Å². The van der Waals surface area contributed by atoms with Crippen molar-refractivity contribution in [2.45, 2.75) is 25.2 Å². The number of hydrogen-bond donors (Lipinski definition) is 0. The molecule has 3 nitrogen and oxygen atoms in total. The van der Waals surface area contributed by atoms with Crippen LogP contribution in [0.4, 0.5) is 0 Å². The van der Waals surface area contributed by atoms with E-state index in [0.717, 1.165) is 27.3 Å². The molecule has 1 fully saturated rings. The Morgan fingerprint density at radius 2 is 1.95 bits per heavy atom. The lowest BCUT2D eigenvalue weighted by Gasteiger charge is -2.08. The molecule has 104 valence electrons. The summed E-state index contributed by atoms with van der Waals surface area (Å²) in [7, 11) is 1.66. The lowest BCUT2D eigenvalue weighted by Crippen LogP contribution is -2.02. The summed E-state index contributed by atoms with van der Waals surface area (Å²) in [4.78, 5) is 9.02. The highest BCUT2D eigenvalue weighted by Gasteiger charge is 2.29. The zero-order valence-electron chi connectivity index (χ0n) is 11.1. The van der Waals surface area contributed by atoms with E-state index in [1.54, 1.807) is 7.11 Å². The van der Waals surface area contributed by atoms with Crippen LogP contribution >= 0.6 is 27.5 Å². The van der Waals surface area contributed by atoms with Crippen molar-refractivity contribution < 1.29 is 4.74 Å². The number of ether oxygens (including phenoxy) is 1. The summed E-state index contributed by atoms with van der Waals surface area (Å²) in [6.07, 6.45) is 3.05. The maximum absolute atomic E-state index is 6.19. The first-order valence-corrected chi connectivity index (χ1v) is 7.69. The maximum atomic E-state index is 6.19. The second kappa shape index (κ2) is 5.70. The molecule has 0 N–H and O–H groups in total. The molecule has 20 heavy (non-hydrogen) atoms. The number of halogens is 2. The number of rotatable bonds is 4. The third-order valence-corrected chi connectivity index (χ3v) is 4.65. The van der Waals surface area contributed by atoms with Crippen LogP contribution in [-0.2, 0) is 6.42 Å². The Hall–Kier alpha value is -1.13. The SMILES string of the molecule is COc1ccc(Cc2nc(Cl)c(Br)c(C3CC3)n2)cc1. The Kier molecular flexibility index (Phi) is 3.94. The molecule has 1 aliphatic rings. The Morgan fingerprint density at radius 3 is 2.55 bits per heavy atom. The van der Waals surface area contributed by atoms with Gasteiger partial charge in [-0.1, -0.05) is 23.7 Å². The van der Waals surface area contributed by atoms with E-state index in [9.17, 15) is 0 Å². The second-order valence-corrected chi connectivity index (χ2v) is 6.08. The highest BCUT2D eigenvalue weighted by Crippen LogP contribution is 2.43. The summed E-state index contributed by atoms with van der Waals surface area (Å²) in [6.45, 7) is 0. The van der Waals surface area contributed by atoms with Gasteiger partial charge in [0.2, 0.25) is 0 Å². The molecule has 1 saturated carbocycles. The van der Waals surface area contributed by atoms with Crippen molar-refractivity contribution >= 4 is 27.5 Å². The quantitative estimate of drug-likeness (QED) is 0.766. The highest BCUT2D eigenvalue weighted by molar-refractivity contribution is 9.10. The van der Waals surface area contributed by atoms with Gasteiger partial charge in [-0.05, 0) is 46.5 Å². The van der Waals surface area contributed by atoms with Crippen LogP contribution in [-0.4, -0.2) is 17.1 Å². The zero-order chi connectivity index (χ0) is 14.1. The molecule has 1 aliphatic carbocycles. The summed E-state index contributed by atoms with van der Waals surface area (Å²) in [5.74, 6) is 2.16. The minimum absolute atomic E-state index is 0.505. The smallest absolute Gasteiger partial charge is 0.147 e. The van der Waals surface area contributed by atoms with Gasteiger partial charge < -0.3 is 4.74 Å². The minimum atomic E-state index is 0.505. The van der Waals surface area contributed by atoms with Crippen molar-refractivity contribution in [3.63, 3.8) is 0 Å². The zero-order valence-corrected chi connectivity index (χ0v) is 13.4. The summed E-state index contributed by atoms with van der Waals surface area (Å²) in [5.41, 5.74) is 2.19. The van der Waals surface area contributed by atoms with E-state index in [2.05, 4.69) is 25.9 Å². The molecule has 2 aromatic rings. The lowest BCUT2D eigenvalue weighted by molar-refractivity contribution is 0.414. The molecule has 1 heterocycles. The first-order chi connectivity index (χ1) is 9.67. The fraction of sp³-hybridized carbons (Fsp3) is 0.333. The van der Waals surface area contributed by atoms with Crippen LogP contribution in [0.3, 0.4) is 0 Å². The van der Waals surface area contributed by atoms with Crippen molar-refractivity contribution in [3.8, 4) is 5.75 Å².